The number of thiazole rings is 1. The van der Waals surface area contributed by atoms with Gasteiger partial charge in [-0.15, -0.1) is 0 Å². The fraction of sp³-hybridized carbons (Fsp3) is 0.265. The van der Waals surface area contributed by atoms with Crippen LogP contribution in [-0.4, -0.2) is 35.1 Å². The molecule has 1 atom stereocenters. The lowest BCUT2D eigenvalue weighted by Gasteiger charge is -2.29. The van der Waals surface area contributed by atoms with Crippen LogP contribution in [0.15, 0.2) is 87.8 Å². The number of carbonyl (C=O) groups is 1. The van der Waals surface area contributed by atoms with Crippen molar-refractivity contribution in [2.45, 2.75) is 40.3 Å². The summed E-state index contributed by atoms with van der Waals surface area (Å²) < 4.78 is 14.1. The summed E-state index contributed by atoms with van der Waals surface area (Å²) in [6.07, 6.45) is 1.81. The lowest BCUT2D eigenvalue weighted by atomic mass is 9.94. The Morgan fingerprint density at radius 1 is 1.00 bits per heavy atom. The molecule has 1 amide bonds. The van der Waals surface area contributed by atoms with Crippen molar-refractivity contribution in [3.63, 3.8) is 0 Å². The molecule has 4 aromatic rings. The highest BCUT2D eigenvalue weighted by molar-refractivity contribution is 7.07. The molecular weight excluding hydrogens is 617 g/mol. The largest absolute Gasteiger partial charge is 0.490 e. The summed E-state index contributed by atoms with van der Waals surface area (Å²) in [5.41, 5.74) is 3.25. The fourth-order valence-corrected chi connectivity index (χ4v) is 6.52. The number of benzene rings is 3. The summed E-state index contributed by atoms with van der Waals surface area (Å²) in [6.45, 7) is 9.43. The van der Waals surface area contributed by atoms with Gasteiger partial charge in [-0.3, -0.25) is 14.2 Å². The molecule has 3 aromatic carbocycles. The molecular formula is C34H33Cl2N3O4S. The van der Waals surface area contributed by atoms with E-state index in [0.717, 1.165) is 16.7 Å². The molecule has 2 heterocycles. The van der Waals surface area contributed by atoms with E-state index >= 15 is 0 Å². The van der Waals surface area contributed by atoms with Gasteiger partial charge in [0.15, 0.2) is 16.3 Å². The summed E-state index contributed by atoms with van der Waals surface area (Å²) in [7, 11) is 0. The van der Waals surface area contributed by atoms with E-state index in [4.69, 9.17) is 37.7 Å². The third-order valence-corrected chi connectivity index (χ3v) is 9.00. The number of allylic oxidation sites excluding steroid dienone is 1. The quantitative estimate of drug-likeness (QED) is 0.200. The summed E-state index contributed by atoms with van der Waals surface area (Å²) in [5.74, 6) is 0.991. The van der Waals surface area contributed by atoms with Gasteiger partial charge >= 0.3 is 0 Å². The Morgan fingerprint density at radius 3 is 2.41 bits per heavy atom. The number of rotatable bonds is 10. The van der Waals surface area contributed by atoms with Gasteiger partial charge < -0.3 is 14.4 Å². The van der Waals surface area contributed by atoms with Crippen LogP contribution in [-0.2, 0) is 11.4 Å². The lowest BCUT2D eigenvalue weighted by Crippen LogP contribution is -2.43. The molecule has 1 aliphatic heterocycles. The predicted molar refractivity (Wildman–Crippen MR) is 177 cm³/mol. The Morgan fingerprint density at radius 2 is 1.73 bits per heavy atom. The zero-order valence-electron chi connectivity index (χ0n) is 25.0. The van der Waals surface area contributed by atoms with Crippen molar-refractivity contribution in [1.82, 2.24) is 9.47 Å². The highest BCUT2D eigenvalue weighted by Gasteiger charge is 2.34. The van der Waals surface area contributed by atoms with Crippen molar-refractivity contribution < 1.29 is 14.3 Å². The first-order valence-electron chi connectivity index (χ1n) is 14.5. The maximum atomic E-state index is 14.1. The first-order chi connectivity index (χ1) is 21.2. The Kier molecular flexibility index (Phi) is 9.93. The third kappa shape index (κ3) is 6.48. The molecule has 0 saturated heterocycles. The van der Waals surface area contributed by atoms with Crippen molar-refractivity contribution in [3.8, 4) is 11.5 Å². The van der Waals surface area contributed by atoms with E-state index in [1.54, 1.807) is 21.6 Å². The van der Waals surface area contributed by atoms with E-state index in [1.807, 2.05) is 88.4 Å². The van der Waals surface area contributed by atoms with Gasteiger partial charge in [-0.25, -0.2) is 4.99 Å². The zero-order valence-corrected chi connectivity index (χ0v) is 27.3. The molecule has 7 nitrogen and oxygen atoms in total. The number of likely N-dealkylation sites (N-methyl/N-ethyl adjacent to an activating group) is 1. The monoisotopic (exact) mass is 649 g/mol. The van der Waals surface area contributed by atoms with E-state index in [0.29, 0.717) is 61.8 Å². The van der Waals surface area contributed by atoms with E-state index < -0.39 is 6.04 Å². The number of amides is 1. The lowest BCUT2D eigenvalue weighted by molar-refractivity contribution is -0.127. The maximum Gasteiger partial charge on any atom is 0.271 e. The minimum atomic E-state index is -0.640. The molecule has 0 saturated carbocycles. The second-order valence-corrected chi connectivity index (χ2v) is 12.0. The smallest absolute Gasteiger partial charge is 0.271 e. The van der Waals surface area contributed by atoms with Crippen molar-refractivity contribution in [1.29, 1.82) is 0 Å². The van der Waals surface area contributed by atoms with Crippen LogP contribution in [0.4, 0.5) is 0 Å². The van der Waals surface area contributed by atoms with Gasteiger partial charge in [0, 0.05) is 28.7 Å². The minimum absolute atomic E-state index is 0.140. The van der Waals surface area contributed by atoms with Crippen LogP contribution in [0.25, 0.3) is 6.08 Å². The van der Waals surface area contributed by atoms with Crippen LogP contribution in [0.2, 0.25) is 10.0 Å². The van der Waals surface area contributed by atoms with Gasteiger partial charge in [0.25, 0.3) is 11.5 Å². The second-order valence-electron chi connectivity index (χ2n) is 10.1. The van der Waals surface area contributed by atoms with Crippen molar-refractivity contribution >= 4 is 46.5 Å². The molecule has 0 radical (unpaired) electrons. The molecule has 5 rings (SSSR count). The van der Waals surface area contributed by atoms with Crippen molar-refractivity contribution in [2.24, 2.45) is 4.99 Å². The second kappa shape index (κ2) is 13.8. The molecule has 0 N–H and O–H groups in total. The maximum absolute atomic E-state index is 14.1. The number of hydrogen-bond acceptors (Lipinski definition) is 6. The number of aromatic nitrogens is 1. The Bertz CT molecular complexity index is 1890. The van der Waals surface area contributed by atoms with Crippen LogP contribution in [0.5, 0.6) is 11.5 Å². The molecule has 1 aliphatic rings. The molecule has 0 fully saturated rings. The SMILES string of the molecule is CCOc1cc(/C=c2/sc3n(c2=O)[C@@H](c2ccc(Cl)cc2)C(C(=O)N(CC)CC)=C(C)N=3)ccc1OCc1ccccc1Cl. The Labute approximate surface area is 270 Å². The summed E-state index contributed by atoms with van der Waals surface area (Å²) >= 11 is 13.8. The van der Waals surface area contributed by atoms with E-state index in [-0.39, 0.29) is 18.1 Å². The minimum Gasteiger partial charge on any atom is -0.490 e. The fourth-order valence-electron chi connectivity index (χ4n) is 5.16. The van der Waals surface area contributed by atoms with Gasteiger partial charge in [-0.05, 0) is 75.2 Å². The average molecular weight is 651 g/mol. The molecule has 228 valence electrons. The number of halogens is 2. The standard InChI is InChI=1S/C34H33Cl2N3O4S/c1-5-38(6-2)33(41)30-21(4)37-34-39(31(30)23-13-15-25(35)16-14-23)32(40)29(44-34)19-22-12-17-27(28(18-22)42-7-3)43-20-24-10-8-9-11-26(24)36/h8-19,31H,5-7,20H2,1-4H3/b29-19+/t31-/m0/s1. The van der Waals surface area contributed by atoms with E-state index in [2.05, 4.69) is 0 Å². The molecule has 0 unspecified atom stereocenters. The number of ether oxygens (including phenoxy) is 2. The number of carbonyl (C=O) groups excluding carboxylic acids is 1. The highest BCUT2D eigenvalue weighted by Crippen LogP contribution is 2.33. The Balaban J connectivity index is 1.57. The highest BCUT2D eigenvalue weighted by atomic mass is 35.5. The van der Waals surface area contributed by atoms with Gasteiger partial charge in [0.1, 0.15) is 6.61 Å². The van der Waals surface area contributed by atoms with E-state index in [9.17, 15) is 9.59 Å². The van der Waals surface area contributed by atoms with Crippen molar-refractivity contribution in [3.05, 3.63) is 124 Å². The molecule has 10 heteroatoms. The number of hydrogen-bond donors (Lipinski definition) is 0. The normalized spacial score (nSPS) is 14.7. The van der Waals surface area contributed by atoms with Crippen LogP contribution in [0.1, 0.15) is 50.4 Å². The van der Waals surface area contributed by atoms with Crippen molar-refractivity contribution in [2.75, 3.05) is 19.7 Å². The summed E-state index contributed by atoms with van der Waals surface area (Å²) in [4.78, 5) is 34.8. The van der Waals surface area contributed by atoms with Gasteiger partial charge in [-0.2, -0.15) is 0 Å². The average Bonchev–Trinajstić information content (AvgIpc) is 3.31. The van der Waals surface area contributed by atoms with Crippen LogP contribution in [0.3, 0.4) is 0 Å². The zero-order chi connectivity index (χ0) is 31.4. The predicted octanol–water partition coefficient (Wildman–Crippen LogP) is 6.39. The van der Waals surface area contributed by atoms with E-state index in [1.165, 1.54) is 11.3 Å². The first-order valence-corrected chi connectivity index (χ1v) is 16.0. The van der Waals surface area contributed by atoms with Crippen LogP contribution < -0.4 is 24.4 Å². The molecule has 1 aromatic heterocycles. The third-order valence-electron chi connectivity index (χ3n) is 7.39. The van der Waals surface area contributed by atoms with Gasteiger partial charge in [0.2, 0.25) is 0 Å². The van der Waals surface area contributed by atoms with Gasteiger partial charge in [0.05, 0.1) is 28.5 Å². The van der Waals surface area contributed by atoms with Crippen LogP contribution >= 0.6 is 34.5 Å². The summed E-state index contributed by atoms with van der Waals surface area (Å²) in [5, 5.41) is 1.20. The number of fused-ring (bicyclic) bond motifs is 1. The molecule has 0 bridgehead atoms. The number of nitrogens with zero attached hydrogens (tertiary/aromatic N) is 3. The first kappa shape index (κ1) is 31.6. The van der Waals surface area contributed by atoms with Gasteiger partial charge in [-0.1, -0.05) is 70.9 Å². The van der Waals surface area contributed by atoms with Crippen LogP contribution in [0, 0.1) is 0 Å². The topological polar surface area (TPSA) is 73.1 Å². The molecule has 0 aliphatic carbocycles. The molecule has 44 heavy (non-hydrogen) atoms. The Hall–Kier alpha value is -3.85. The molecule has 0 spiro atoms. The summed E-state index contributed by atoms with van der Waals surface area (Å²) in [6, 6.07) is 19.7.